The van der Waals surface area contributed by atoms with E-state index in [1.54, 1.807) is 0 Å². The zero-order valence-electron chi connectivity index (χ0n) is 11.1. The molecule has 0 fully saturated rings. The molecule has 3 N–H and O–H groups in total. The third kappa shape index (κ3) is 3.24. The van der Waals surface area contributed by atoms with Gasteiger partial charge in [0.05, 0.1) is 12.8 Å². The molecule has 1 atom stereocenters. The molecule has 0 bridgehead atoms. The number of rotatable bonds is 6. The van der Waals surface area contributed by atoms with E-state index in [1.807, 2.05) is 37.3 Å². The first kappa shape index (κ1) is 14.7. The van der Waals surface area contributed by atoms with Gasteiger partial charge in [0.15, 0.2) is 5.03 Å². The van der Waals surface area contributed by atoms with Crippen LogP contribution in [0.2, 0.25) is 0 Å². The van der Waals surface area contributed by atoms with Crippen LogP contribution in [-0.2, 0) is 16.6 Å². The van der Waals surface area contributed by atoms with Crippen molar-refractivity contribution in [3.8, 4) is 0 Å². The Balaban J connectivity index is 2.07. The van der Waals surface area contributed by atoms with Gasteiger partial charge in [-0.2, -0.15) is 5.10 Å². The monoisotopic (exact) mass is 295 g/mol. The first-order valence-electron chi connectivity index (χ1n) is 6.22. The maximum Gasteiger partial charge on any atom is 0.257 e. The van der Waals surface area contributed by atoms with Crippen LogP contribution in [0, 0.1) is 0 Å². The molecule has 0 spiro atoms. The topological polar surface area (TPSA) is 95.1 Å². The molecule has 108 valence electrons. The van der Waals surface area contributed by atoms with Crippen LogP contribution in [0.15, 0.2) is 41.6 Å². The number of aromatic nitrogens is 2. The summed E-state index contributed by atoms with van der Waals surface area (Å²) in [4.78, 5) is 0. The second-order valence-corrected chi connectivity index (χ2v) is 6.25. The van der Waals surface area contributed by atoms with Crippen molar-refractivity contribution >= 4 is 10.0 Å². The summed E-state index contributed by atoms with van der Waals surface area (Å²) in [5.74, 6) is 0.0477. The molecular formula is C13H17N3O3S. The summed E-state index contributed by atoms with van der Waals surface area (Å²) in [6.45, 7) is 1.84. The molecule has 0 amide bonds. The second kappa shape index (κ2) is 6.17. The molecule has 20 heavy (non-hydrogen) atoms. The summed E-state index contributed by atoms with van der Waals surface area (Å²) < 4.78 is 26.8. The van der Waals surface area contributed by atoms with Crippen molar-refractivity contribution in [2.75, 3.05) is 6.54 Å². The Kier molecular flexibility index (Phi) is 4.53. The molecule has 1 unspecified atom stereocenters. The van der Waals surface area contributed by atoms with E-state index in [9.17, 15) is 8.42 Å². The zero-order chi connectivity index (χ0) is 14.6. The fraction of sp³-hybridized carbons (Fsp3) is 0.308. The van der Waals surface area contributed by atoms with Crippen LogP contribution in [0.1, 0.15) is 24.0 Å². The Morgan fingerprint density at radius 3 is 2.70 bits per heavy atom. The van der Waals surface area contributed by atoms with Crippen molar-refractivity contribution in [3.63, 3.8) is 0 Å². The summed E-state index contributed by atoms with van der Waals surface area (Å²) in [6, 6.07) is 9.65. The molecule has 2 rings (SSSR count). The molecule has 1 aromatic heterocycles. The largest absolute Gasteiger partial charge is 0.392 e. The molecule has 2 aromatic rings. The van der Waals surface area contributed by atoms with E-state index in [0.717, 1.165) is 5.56 Å². The van der Waals surface area contributed by atoms with Crippen molar-refractivity contribution in [3.05, 3.63) is 47.7 Å². The number of aliphatic hydroxyl groups is 1. The SMILES string of the molecule is CC(CNS(=O)(=O)c1[nH]ncc1CO)c1ccccc1. The van der Waals surface area contributed by atoms with Crippen molar-refractivity contribution in [1.82, 2.24) is 14.9 Å². The molecule has 0 saturated carbocycles. The van der Waals surface area contributed by atoms with Crippen LogP contribution < -0.4 is 4.72 Å². The Hall–Kier alpha value is -1.70. The normalized spacial score (nSPS) is 13.3. The number of nitrogens with zero attached hydrogens (tertiary/aromatic N) is 1. The Labute approximate surface area is 117 Å². The predicted octanol–water partition coefficient (Wildman–Crippen LogP) is 0.984. The Morgan fingerprint density at radius 2 is 2.05 bits per heavy atom. The third-order valence-electron chi connectivity index (χ3n) is 3.07. The summed E-state index contributed by atoms with van der Waals surface area (Å²) in [5.41, 5.74) is 1.31. The molecule has 1 aromatic carbocycles. The van der Waals surface area contributed by atoms with Crippen LogP contribution in [0.25, 0.3) is 0 Å². The first-order valence-corrected chi connectivity index (χ1v) is 7.70. The van der Waals surface area contributed by atoms with E-state index >= 15 is 0 Å². The molecule has 7 heteroatoms. The first-order chi connectivity index (χ1) is 9.54. The number of sulfonamides is 1. The minimum atomic E-state index is -3.69. The summed E-state index contributed by atoms with van der Waals surface area (Å²) >= 11 is 0. The van der Waals surface area contributed by atoms with E-state index in [0.29, 0.717) is 0 Å². The van der Waals surface area contributed by atoms with Gasteiger partial charge in [-0.3, -0.25) is 5.10 Å². The molecule has 0 aliphatic heterocycles. The summed E-state index contributed by atoms with van der Waals surface area (Å²) in [7, 11) is -3.69. The van der Waals surface area contributed by atoms with Gasteiger partial charge in [0.1, 0.15) is 0 Å². The maximum absolute atomic E-state index is 12.1. The average molecular weight is 295 g/mol. The quantitative estimate of drug-likeness (QED) is 0.740. The molecule has 0 saturated heterocycles. The van der Waals surface area contributed by atoms with Gasteiger partial charge in [-0.25, -0.2) is 13.1 Å². The van der Waals surface area contributed by atoms with Crippen LogP contribution in [0.5, 0.6) is 0 Å². The van der Waals surface area contributed by atoms with Gasteiger partial charge >= 0.3 is 0 Å². The van der Waals surface area contributed by atoms with E-state index in [-0.39, 0.29) is 29.7 Å². The lowest BCUT2D eigenvalue weighted by Crippen LogP contribution is -2.28. The van der Waals surface area contributed by atoms with E-state index < -0.39 is 10.0 Å². The van der Waals surface area contributed by atoms with Crippen LogP contribution in [-0.4, -0.2) is 30.3 Å². The van der Waals surface area contributed by atoms with E-state index in [4.69, 9.17) is 5.11 Å². The Bertz CT molecular complexity index is 653. The zero-order valence-corrected chi connectivity index (χ0v) is 11.9. The second-order valence-electron chi connectivity index (χ2n) is 4.55. The predicted molar refractivity (Wildman–Crippen MR) is 74.6 cm³/mol. The molecule has 0 aliphatic rings. The van der Waals surface area contributed by atoms with Crippen molar-refractivity contribution in [2.45, 2.75) is 24.5 Å². The number of hydrogen-bond donors (Lipinski definition) is 3. The van der Waals surface area contributed by atoms with Crippen molar-refractivity contribution in [2.24, 2.45) is 0 Å². The maximum atomic E-state index is 12.1. The average Bonchev–Trinajstić information content (AvgIpc) is 2.95. The summed E-state index contributed by atoms with van der Waals surface area (Å²) in [6.07, 6.45) is 1.30. The number of benzene rings is 1. The van der Waals surface area contributed by atoms with Crippen LogP contribution in [0.4, 0.5) is 0 Å². The van der Waals surface area contributed by atoms with Gasteiger partial charge in [-0.1, -0.05) is 37.3 Å². The molecule has 0 radical (unpaired) electrons. The van der Waals surface area contributed by atoms with Crippen LogP contribution >= 0.6 is 0 Å². The van der Waals surface area contributed by atoms with Crippen molar-refractivity contribution in [1.29, 1.82) is 0 Å². The molecule has 1 heterocycles. The fourth-order valence-electron chi connectivity index (χ4n) is 1.85. The third-order valence-corrected chi connectivity index (χ3v) is 4.50. The van der Waals surface area contributed by atoms with Crippen LogP contribution in [0.3, 0.4) is 0 Å². The smallest absolute Gasteiger partial charge is 0.257 e. The van der Waals surface area contributed by atoms with Gasteiger partial charge < -0.3 is 5.11 Å². The van der Waals surface area contributed by atoms with E-state index in [1.165, 1.54) is 6.20 Å². The number of hydrogen-bond acceptors (Lipinski definition) is 4. The van der Waals surface area contributed by atoms with Gasteiger partial charge in [0.25, 0.3) is 10.0 Å². The van der Waals surface area contributed by atoms with Gasteiger partial charge in [0, 0.05) is 12.1 Å². The Morgan fingerprint density at radius 1 is 1.35 bits per heavy atom. The number of H-pyrrole nitrogens is 1. The van der Waals surface area contributed by atoms with E-state index in [2.05, 4.69) is 14.9 Å². The lowest BCUT2D eigenvalue weighted by molar-refractivity contribution is 0.278. The minimum Gasteiger partial charge on any atom is -0.392 e. The van der Waals surface area contributed by atoms with Gasteiger partial charge in [0.2, 0.25) is 0 Å². The molecule has 6 nitrogen and oxygen atoms in total. The highest BCUT2D eigenvalue weighted by Crippen LogP contribution is 2.16. The lowest BCUT2D eigenvalue weighted by atomic mass is 10.0. The lowest BCUT2D eigenvalue weighted by Gasteiger charge is -2.13. The van der Waals surface area contributed by atoms with Gasteiger partial charge in [-0.05, 0) is 11.5 Å². The summed E-state index contributed by atoms with van der Waals surface area (Å²) in [5, 5.41) is 15.0. The highest BCUT2D eigenvalue weighted by atomic mass is 32.2. The number of aromatic amines is 1. The minimum absolute atomic E-state index is 0.0477. The number of nitrogens with one attached hydrogen (secondary N) is 2. The van der Waals surface area contributed by atoms with Gasteiger partial charge in [-0.15, -0.1) is 0 Å². The fourth-order valence-corrected chi connectivity index (χ4v) is 3.10. The highest BCUT2D eigenvalue weighted by Gasteiger charge is 2.21. The molecule has 0 aliphatic carbocycles. The standard InChI is InChI=1S/C13H17N3O3S/c1-10(11-5-3-2-4-6-11)7-15-20(18,19)13-12(9-17)8-14-16-13/h2-6,8,10,15,17H,7,9H2,1H3,(H,14,16). The van der Waals surface area contributed by atoms with Crippen molar-refractivity contribution < 1.29 is 13.5 Å². The number of aliphatic hydroxyl groups excluding tert-OH is 1. The molecular weight excluding hydrogens is 278 g/mol. The highest BCUT2D eigenvalue weighted by molar-refractivity contribution is 7.89.